The molecule has 0 aliphatic carbocycles. The van der Waals surface area contributed by atoms with Crippen molar-refractivity contribution in [1.82, 2.24) is 0 Å². The van der Waals surface area contributed by atoms with Gasteiger partial charge in [-0.3, -0.25) is 0 Å². The van der Waals surface area contributed by atoms with Gasteiger partial charge in [0.25, 0.3) is 0 Å². The Bertz CT molecular complexity index is 1420. The van der Waals surface area contributed by atoms with Gasteiger partial charge in [0.05, 0.1) is 5.30 Å². The highest BCUT2D eigenvalue weighted by Crippen LogP contribution is 2.45. The monoisotopic (exact) mass is 503 g/mol. The van der Waals surface area contributed by atoms with Crippen molar-refractivity contribution in [3.05, 3.63) is 146 Å². The van der Waals surface area contributed by atoms with Crippen LogP contribution in [-0.2, 0) is 9.36 Å². The van der Waals surface area contributed by atoms with Gasteiger partial charge >= 0.3 is 5.97 Å². The van der Waals surface area contributed by atoms with Crippen LogP contribution >= 0.6 is 7.14 Å². The number of esters is 1. The molecule has 0 bridgehead atoms. The second-order valence-corrected chi connectivity index (χ2v) is 11.2. The molecular weight excluding hydrogens is 477 g/mol. The van der Waals surface area contributed by atoms with Gasteiger partial charge in [0.2, 0.25) is 0 Å². The normalized spacial score (nSPS) is 11.0. The van der Waals surface area contributed by atoms with Gasteiger partial charge in [-0.05, 0) is 36.4 Å². The Labute approximate surface area is 217 Å². The molecule has 0 N–H and O–H groups in total. The zero-order valence-electron chi connectivity index (χ0n) is 20.2. The summed E-state index contributed by atoms with van der Waals surface area (Å²) in [4.78, 5) is 15.3. The fourth-order valence-electron chi connectivity index (χ4n) is 4.34. The van der Waals surface area contributed by atoms with E-state index in [1.807, 2.05) is 132 Å². The first-order valence-electron chi connectivity index (χ1n) is 12.1. The van der Waals surface area contributed by atoms with E-state index in [0.717, 1.165) is 11.4 Å². The lowest BCUT2D eigenvalue weighted by Crippen LogP contribution is -2.31. The molecule has 5 aromatic rings. The maximum absolute atomic E-state index is 14.9. The van der Waals surface area contributed by atoms with Crippen LogP contribution in [0.15, 0.2) is 146 Å². The maximum atomic E-state index is 14.9. The Hall–Kier alpha value is -4.40. The summed E-state index contributed by atoms with van der Waals surface area (Å²) < 4.78 is 20.8. The van der Waals surface area contributed by atoms with Crippen molar-refractivity contribution < 1.29 is 14.1 Å². The quantitative estimate of drug-likeness (QED) is 0.147. The van der Waals surface area contributed by atoms with E-state index in [1.54, 1.807) is 18.2 Å². The number of ether oxygens (including phenoxy) is 1. The van der Waals surface area contributed by atoms with Crippen molar-refractivity contribution in [2.45, 2.75) is 0 Å². The predicted octanol–water partition coefficient (Wildman–Crippen LogP) is 6.07. The number of rotatable bonds is 8. The zero-order valence-corrected chi connectivity index (χ0v) is 21.1. The smallest absolute Gasteiger partial charge is 0.331 e. The highest BCUT2D eigenvalue weighted by Gasteiger charge is 2.33. The van der Waals surface area contributed by atoms with Crippen LogP contribution < -0.4 is 25.6 Å². The summed E-state index contributed by atoms with van der Waals surface area (Å²) in [6.07, 6.45) is 0. The Kier molecular flexibility index (Phi) is 7.30. The van der Waals surface area contributed by atoms with Crippen LogP contribution in [0.25, 0.3) is 0 Å². The maximum Gasteiger partial charge on any atom is 0.331 e. The van der Waals surface area contributed by atoms with Gasteiger partial charge in [0.1, 0.15) is 12.3 Å². The Morgan fingerprint density at radius 2 is 0.973 bits per heavy atom. The Balaban J connectivity index is 1.51. The van der Waals surface area contributed by atoms with E-state index in [0.29, 0.717) is 21.7 Å². The number of benzene rings is 5. The second-order valence-electron chi connectivity index (χ2n) is 8.48. The molecule has 4 nitrogen and oxygen atoms in total. The van der Waals surface area contributed by atoms with E-state index in [-0.39, 0.29) is 6.54 Å². The summed E-state index contributed by atoms with van der Waals surface area (Å²) in [5.74, 6) is -0.155. The summed E-state index contributed by atoms with van der Waals surface area (Å²) in [6, 6.07) is 45.2. The van der Waals surface area contributed by atoms with Crippen molar-refractivity contribution in [3.63, 3.8) is 0 Å². The third-order valence-corrected chi connectivity index (χ3v) is 9.19. The molecule has 37 heavy (non-hydrogen) atoms. The van der Waals surface area contributed by atoms with Crippen molar-refractivity contribution >= 4 is 40.4 Å². The number of hydrogen-bond acceptors (Lipinski definition) is 4. The first-order valence-corrected chi connectivity index (χ1v) is 13.8. The van der Waals surface area contributed by atoms with Crippen LogP contribution in [0.3, 0.4) is 0 Å². The van der Waals surface area contributed by atoms with Gasteiger partial charge in [-0.25, -0.2) is 4.79 Å². The van der Waals surface area contributed by atoms with Crippen LogP contribution in [0.2, 0.25) is 0 Å². The van der Waals surface area contributed by atoms with Crippen molar-refractivity contribution in [1.29, 1.82) is 0 Å². The molecule has 182 valence electrons. The average molecular weight is 504 g/mol. The molecule has 0 fully saturated rings. The van der Waals surface area contributed by atoms with E-state index in [2.05, 4.69) is 0 Å². The number of anilines is 2. The minimum Gasteiger partial charge on any atom is -0.424 e. The van der Waals surface area contributed by atoms with E-state index in [9.17, 15) is 9.36 Å². The molecule has 5 rings (SSSR count). The minimum absolute atomic E-state index is 0.0106. The molecule has 0 aliphatic rings. The molecule has 0 amide bonds. The fourth-order valence-corrected chi connectivity index (χ4v) is 7.10. The molecule has 5 heteroatoms. The zero-order chi connectivity index (χ0) is 25.5. The summed E-state index contributed by atoms with van der Waals surface area (Å²) >= 11 is 0. The highest BCUT2D eigenvalue weighted by molar-refractivity contribution is 7.85. The van der Waals surface area contributed by atoms with E-state index < -0.39 is 13.1 Å². The summed E-state index contributed by atoms with van der Waals surface area (Å²) in [7, 11) is -3.31. The molecule has 5 aromatic carbocycles. The van der Waals surface area contributed by atoms with Crippen LogP contribution in [0.1, 0.15) is 0 Å². The van der Waals surface area contributed by atoms with Gasteiger partial charge in [-0.1, -0.05) is 109 Å². The number of carbonyl (C=O) groups is 1. The van der Waals surface area contributed by atoms with Crippen LogP contribution in [0.4, 0.5) is 11.4 Å². The lowest BCUT2D eigenvalue weighted by atomic mass is 10.2. The molecule has 0 unspecified atom stereocenters. The molecule has 0 radical (unpaired) electrons. The first-order chi connectivity index (χ1) is 18.2. The lowest BCUT2D eigenvalue weighted by Gasteiger charge is -2.25. The van der Waals surface area contributed by atoms with Crippen LogP contribution in [-0.4, -0.2) is 12.5 Å². The highest BCUT2D eigenvalue weighted by atomic mass is 31.2. The molecule has 0 spiro atoms. The van der Waals surface area contributed by atoms with E-state index in [4.69, 9.17) is 4.74 Å². The van der Waals surface area contributed by atoms with Crippen molar-refractivity contribution in [3.8, 4) is 5.75 Å². The van der Waals surface area contributed by atoms with Crippen molar-refractivity contribution in [2.24, 2.45) is 0 Å². The molecule has 0 aromatic heterocycles. The van der Waals surface area contributed by atoms with Gasteiger partial charge in [-0.15, -0.1) is 0 Å². The second kappa shape index (κ2) is 11.1. The van der Waals surface area contributed by atoms with E-state index in [1.165, 1.54) is 0 Å². The van der Waals surface area contributed by atoms with E-state index >= 15 is 0 Å². The standard InChI is InChI=1S/C32H26NO3P/c34-32(25-33(26-15-5-1-6-16-26)27-17-7-2-8-18-27)36-30-23-13-14-24-31(30)37(35,28-19-9-3-10-20-28)29-21-11-4-12-22-29/h1-24H,25H2. The average Bonchev–Trinajstić information content (AvgIpc) is 2.97. The van der Waals surface area contributed by atoms with Gasteiger partial charge in [-0.2, -0.15) is 0 Å². The summed E-state index contributed by atoms with van der Waals surface area (Å²) in [5, 5.41) is 1.85. The SMILES string of the molecule is O=C(CN(c1ccccc1)c1ccccc1)Oc1ccccc1P(=O)(c1ccccc1)c1ccccc1. The molecule has 0 heterocycles. The van der Waals surface area contributed by atoms with Crippen molar-refractivity contribution in [2.75, 3.05) is 11.4 Å². The summed E-state index contributed by atoms with van der Waals surface area (Å²) in [6.45, 7) is -0.0106. The van der Waals surface area contributed by atoms with Crippen LogP contribution in [0.5, 0.6) is 5.75 Å². The first kappa shape index (κ1) is 24.3. The number of para-hydroxylation sites is 3. The molecular formula is C32H26NO3P. The Morgan fingerprint density at radius 3 is 1.46 bits per heavy atom. The summed E-state index contributed by atoms with van der Waals surface area (Å²) in [5.41, 5.74) is 1.75. The number of carbonyl (C=O) groups excluding carboxylic acids is 1. The predicted molar refractivity (Wildman–Crippen MR) is 151 cm³/mol. The third kappa shape index (κ3) is 5.25. The molecule has 0 atom stereocenters. The number of nitrogens with zero attached hydrogens (tertiary/aromatic N) is 1. The largest absolute Gasteiger partial charge is 0.424 e. The Morgan fingerprint density at radius 1 is 0.568 bits per heavy atom. The fraction of sp³-hybridized carbons (Fsp3) is 0.0312. The minimum atomic E-state index is -3.31. The molecule has 0 saturated carbocycles. The van der Waals surface area contributed by atoms with Crippen LogP contribution in [0, 0.1) is 0 Å². The van der Waals surface area contributed by atoms with Gasteiger partial charge in [0.15, 0.2) is 7.14 Å². The van der Waals surface area contributed by atoms with Gasteiger partial charge in [0, 0.05) is 22.0 Å². The lowest BCUT2D eigenvalue weighted by molar-refractivity contribution is -0.132. The molecule has 0 saturated heterocycles. The third-order valence-electron chi connectivity index (χ3n) is 6.09. The molecule has 0 aliphatic heterocycles. The topological polar surface area (TPSA) is 46.6 Å². The van der Waals surface area contributed by atoms with Gasteiger partial charge < -0.3 is 14.2 Å². The number of hydrogen-bond donors (Lipinski definition) is 0.